The van der Waals surface area contributed by atoms with E-state index in [1.165, 1.54) is 21.3 Å². The van der Waals surface area contributed by atoms with Crippen LogP contribution < -0.4 is 24.4 Å². The van der Waals surface area contributed by atoms with E-state index in [9.17, 15) is 9.59 Å². The molecule has 0 bridgehead atoms. The minimum Gasteiger partial charge on any atom is -0.493 e. The number of hydrogen-bond donors (Lipinski definition) is 1. The van der Waals surface area contributed by atoms with E-state index in [1.54, 1.807) is 42.2 Å². The highest BCUT2D eigenvalue weighted by Gasteiger charge is 2.24. The molecule has 3 rings (SSSR count). The molecule has 1 heterocycles. The third-order valence-electron chi connectivity index (χ3n) is 5.20. The van der Waals surface area contributed by atoms with Crippen LogP contribution >= 0.6 is 11.6 Å². The Balaban J connectivity index is 1.88. The van der Waals surface area contributed by atoms with Crippen molar-refractivity contribution in [1.82, 2.24) is 4.90 Å². The lowest BCUT2D eigenvalue weighted by atomic mass is 10.1. The number of rotatable bonds is 6. The fourth-order valence-corrected chi connectivity index (χ4v) is 3.88. The Labute approximate surface area is 186 Å². The van der Waals surface area contributed by atoms with E-state index in [2.05, 4.69) is 10.2 Å². The molecule has 0 aliphatic carbocycles. The highest BCUT2D eigenvalue weighted by molar-refractivity contribution is 6.34. The maximum absolute atomic E-state index is 13.1. The molecule has 2 amide bonds. The van der Waals surface area contributed by atoms with Crippen molar-refractivity contribution in [3.63, 3.8) is 0 Å². The van der Waals surface area contributed by atoms with Crippen molar-refractivity contribution in [2.75, 3.05) is 57.7 Å². The van der Waals surface area contributed by atoms with Crippen molar-refractivity contribution < 1.29 is 23.8 Å². The average molecular weight is 448 g/mol. The summed E-state index contributed by atoms with van der Waals surface area (Å²) in [5.41, 5.74) is 1.66. The number of benzene rings is 2. The number of piperazine rings is 1. The molecule has 1 N–H and O–H groups in total. The van der Waals surface area contributed by atoms with Gasteiger partial charge in [0.2, 0.25) is 11.7 Å². The molecule has 2 aromatic carbocycles. The number of methoxy groups -OCH3 is 3. The largest absolute Gasteiger partial charge is 0.493 e. The van der Waals surface area contributed by atoms with Crippen molar-refractivity contribution in [2.24, 2.45) is 0 Å². The van der Waals surface area contributed by atoms with Crippen LogP contribution in [0, 0.1) is 0 Å². The van der Waals surface area contributed by atoms with Gasteiger partial charge in [0.1, 0.15) is 0 Å². The molecule has 1 aliphatic rings. The van der Waals surface area contributed by atoms with Gasteiger partial charge in [-0.2, -0.15) is 0 Å². The fourth-order valence-electron chi connectivity index (χ4n) is 3.59. The number of hydrogen-bond acceptors (Lipinski definition) is 6. The summed E-state index contributed by atoms with van der Waals surface area (Å²) in [6, 6.07) is 8.54. The first-order valence-electron chi connectivity index (χ1n) is 9.80. The van der Waals surface area contributed by atoms with Crippen molar-refractivity contribution in [2.45, 2.75) is 6.92 Å². The van der Waals surface area contributed by atoms with E-state index in [1.807, 2.05) is 0 Å². The summed E-state index contributed by atoms with van der Waals surface area (Å²) >= 11 is 6.50. The van der Waals surface area contributed by atoms with Gasteiger partial charge in [-0.05, 0) is 24.3 Å². The normalized spacial score (nSPS) is 13.6. The third-order valence-corrected chi connectivity index (χ3v) is 5.51. The first kappa shape index (κ1) is 22.6. The van der Waals surface area contributed by atoms with E-state index >= 15 is 0 Å². The topological polar surface area (TPSA) is 80.3 Å². The lowest BCUT2D eigenvalue weighted by molar-refractivity contribution is -0.129. The molecule has 8 nitrogen and oxygen atoms in total. The Morgan fingerprint density at radius 3 is 2.10 bits per heavy atom. The van der Waals surface area contributed by atoms with E-state index < -0.39 is 0 Å². The Bertz CT molecular complexity index is 949. The fraction of sp³-hybridized carbons (Fsp3) is 0.364. The SMILES string of the molecule is COc1cc(C(=O)Nc2cccc(Cl)c2N2CCN(C(C)=O)CC2)cc(OC)c1OC. The summed E-state index contributed by atoms with van der Waals surface area (Å²) in [7, 11) is 4.49. The van der Waals surface area contributed by atoms with Gasteiger partial charge in [-0.15, -0.1) is 0 Å². The van der Waals surface area contributed by atoms with E-state index in [4.69, 9.17) is 25.8 Å². The first-order chi connectivity index (χ1) is 14.9. The van der Waals surface area contributed by atoms with Gasteiger partial charge in [-0.3, -0.25) is 9.59 Å². The van der Waals surface area contributed by atoms with E-state index in [-0.39, 0.29) is 11.8 Å². The van der Waals surface area contributed by atoms with E-state index in [0.29, 0.717) is 59.7 Å². The van der Waals surface area contributed by atoms with Gasteiger partial charge in [0.05, 0.1) is 37.7 Å². The second kappa shape index (κ2) is 9.78. The first-order valence-corrected chi connectivity index (χ1v) is 10.2. The van der Waals surface area contributed by atoms with Crippen molar-refractivity contribution >= 4 is 34.8 Å². The highest BCUT2D eigenvalue weighted by atomic mass is 35.5. The van der Waals surface area contributed by atoms with Gasteiger partial charge in [-0.25, -0.2) is 0 Å². The second-order valence-electron chi connectivity index (χ2n) is 7.00. The summed E-state index contributed by atoms with van der Waals surface area (Å²) in [5, 5.41) is 3.47. The molecular formula is C22H26ClN3O5. The van der Waals surface area contributed by atoms with Crippen LogP contribution in [0.3, 0.4) is 0 Å². The van der Waals surface area contributed by atoms with Gasteiger partial charge in [0, 0.05) is 38.7 Å². The number of para-hydroxylation sites is 1. The predicted molar refractivity (Wildman–Crippen MR) is 120 cm³/mol. The number of anilines is 2. The van der Waals surface area contributed by atoms with Gasteiger partial charge in [-0.1, -0.05) is 17.7 Å². The summed E-state index contributed by atoms with van der Waals surface area (Å²) in [6.07, 6.45) is 0. The summed E-state index contributed by atoms with van der Waals surface area (Å²) in [6.45, 7) is 4.00. The van der Waals surface area contributed by atoms with Gasteiger partial charge < -0.3 is 29.3 Å². The standard InChI is InChI=1S/C22H26ClN3O5/c1-14(27)25-8-10-26(11-9-25)20-16(23)6-5-7-17(20)24-22(28)15-12-18(29-2)21(31-4)19(13-15)30-3/h5-7,12-13H,8-11H2,1-4H3,(H,24,28). The Morgan fingerprint density at radius 1 is 0.968 bits per heavy atom. The number of amides is 2. The number of nitrogens with one attached hydrogen (secondary N) is 1. The lowest BCUT2D eigenvalue weighted by Gasteiger charge is -2.37. The highest BCUT2D eigenvalue weighted by Crippen LogP contribution is 2.39. The Hall–Kier alpha value is -3.13. The smallest absolute Gasteiger partial charge is 0.255 e. The molecule has 0 saturated carbocycles. The van der Waals surface area contributed by atoms with Gasteiger partial charge in [0.15, 0.2) is 11.5 Å². The van der Waals surface area contributed by atoms with Crippen molar-refractivity contribution in [1.29, 1.82) is 0 Å². The summed E-state index contributed by atoms with van der Waals surface area (Å²) in [4.78, 5) is 28.6. The number of ether oxygens (including phenoxy) is 3. The zero-order valence-electron chi connectivity index (χ0n) is 18.0. The van der Waals surface area contributed by atoms with Crippen LogP contribution in [0.15, 0.2) is 30.3 Å². The second-order valence-corrected chi connectivity index (χ2v) is 7.40. The number of carbonyl (C=O) groups is 2. The molecule has 9 heteroatoms. The quantitative estimate of drug-likeness (QED) is 0.732. The maximum atomic E-state index is 13.1. The molecule has 1 fully saturated rings. The average Bonchev–Trinajstić information content (AvgIpc) is 2.78. The number of halogens is 1. The zero-order chi connectivity index (χ0) is 22.5. The molecule has 1 aliphatic heterocycles. The molecule has 0 atom stereocenters. The van der Waals surface area contributed by atoms with Crippen LogP contribution in [0.25, 0.3) is 0 Å². The Kier molecular flexibility index (Phi) is 7.12. The number of carbonyl (C=O) groups excluding carboxylic acids is 2. The molecule has 2 aromatic rings. The maximum Gasteiger partial charge on any atom is 0.255 e. The monoisotopic (exact) mass is 447 g/mol. The molecule has 0 unspecified atom stereocenters. The number of nitrogens with zero attached hydrogens (tertiary/aromatic N) is 2. The van der Waals surface area contributed by atoms with Gasteiger partial charge >= 0.3 is 0 Å². The zero-order valence-corrected chi connectivity index (χ0v) is 18.8. The van der Waals surface area contributed by atoms with Crippen molar-refractivity contribution in [3.05, 3.63) is 40.9 Å². The molecule has 166 valence electrons. The molecule has 1 saturated heterocycles. The predicted octanol–water partition coefficient (Wildman–Crippen LogP) is 3.29. The van der Waals surface area contributed by atoms with Crippen LogP contribution in [0.5, 0.6) is 17.2 Å². The minimum absolute atomic E-state index is 0.0507. The minimum atomic E-state index is -0.342. The third kappa shape index (κ3) is 4.80. The Morgan fingerprint density at radius 2 is 1.58 bits per heavy atom. The molecule has 0 spiro atoms. The molecule has 31 heavy (non-hydrogen) atoms. The van der Waals surface area contributed by atoms with Crippen LogP contribution in [-0.2, 0) is 4.79 Å². The summed E-state index contributed by atoms with van der Waals surface area (Å²) in [5.74, 6) is 0.894. The van der Waals surface area contributed by atoms with Crippen LogP contribution in [0.1, 0.15) is 17.3 Å². The van der Waals surface area contributed by atoms with Crippen LogP contribution in [-0.4, -0.2) is 64.2 Å². The molecule has 0 radical (unpaired) electrons. The van der Waals surface area contributed by atoms with Gasteiger partial charge in [0.25, 0.3) is 5.91 Å². The molecule has 0 aromatic heterocycles. The van der Waals surface area contributed by atoms with Crippen molar-refractivity contribution in [3.8, 4) is 17.2 Å². The lowest BCUT2D eigenvalue weighted by Crippen LogP contribution is -2.48. The molecular weight excluding hydrogens is 422 g/mol. The van der Waals surface area contributed by atoms with Crippen LogP contribution in [0.2, 0.25) is 5.02 Å². The van der Waals surface area contributed by atoms with Crippen LogP contribution in [0.4, 0.5) is 11.4 Å². The van der Waals surface area contributed by atoms with E-state index in [0.717, 1.165) is 5.69 Å². The summed E-state index contributed by atoms with van der Waals surface area (Å²) < 4.78 is 16.0.